The molecule has 1 heterocycles. The highest BCUT2D eigenvalue weighted by atomic mass is 19.2. The van der Waals surface area contributed by atoms with E-state index in [2.05, 4.69) is 4.98 Å². The zero-order valence-electron chi connectivity index (χ0n) is 10.4. The van der Waals surface area contributed by atoms with Crippen molar-refractivity contribution in [2.45, 2.75) is 0 Å². The predicted octanol–water partition coefficient (Wildman–Crippen LogP) is 3.96. The highest BCUT2D eigenvalue weighted by molar-refractivity contribution is 6.16. The maximum absolute atomic E-state index is 13.8. The van der Waals surface area contributed by atoms with E-state index in [1.54, 1.807) is 0 Å². The summed E-state index contributed by atoms with van der Waals surface area (Å²) < 4.78 is 53.6. The zero-order chi connectivity index (χ0) is 15.1. The third-order valence-corrected chi connectivity index (χ3v) is 3.18. The number of aromatic nitrogens is 1. The molecule has 0 aliphatic heterocycles. The lowest BCUT2D eigenvalue weighted by molar-refractivity contribution is 0.103. The van der Waals surface area contributed by atoms with Crippen molar-refractivity contribution < 1.29 is 22.4 Å². The van der Waals surface area contributed by atoms with Gasteiger partial charge in [0.2, 0.25) is 0 Å². The number of hydrogen-bond donors (Lipinski definition) is 1. The molecule has 0 amide bonds. The van der Waals surface area contributed by atoms with E-state index >= 15 is 0 Å². The summed E-state index contributed by atoms with van der Waals surface area (Å²) in [4.78, 5) is 14.9. The van der Waals surface area contributed by atoms with Crippen molar-refractivity contribution in [1.29, 1.82) is 0 Å². The Kier molecular flexibility index (Phi) is 3.01. The molecule has 0 bridgehead atoms. The molecule has 0 saturated heterocycles. The van der Waals surface area contributed by atoms with E-state index in [0.717, 1.165) is 12.1 Å². The van der Waals surface area contributed by atoms with Gasteiger partial charge in [-0.05, 0) is 24.3 Å². The summed E-state index contributed by atoms with van der Waals surface area (Å²) in [6.45, 7) is 0. The number of rotatable bonds is 2. The van der Waals surface area contributed by atoms with Crippen molar-refractivity contribution in [3.63, 3.8) is 0 Å². The number of halogens is 4. The average Bonchev–Trinajstić information content (AvgIpc) is 2.90. The van der Waals surface area contributed by atoms with Crippen molar-refractivity contribution in [1.82, 2.24) is 4.98 Å². The Morgan fingerprint density at radius 3 is 2.38 bits per heavy atom. The Morgan fingerprint density at radius 1 is 0.857 bits per heavy atom. The van der Waals surface area contributed by atoms with Gasteiger partial charge in [-0.15, -0.1) is 0 Å². The van der Waals surface area contributed by atoms with Gasteiger partial charge in [0.25, 0.3) is 0 Å². The molecule has 0 atom stereocenters. The molecule has 0 radical (unpaired) electrons. The van der Waals surface area contributed by atoms with Crippen LogP contribution in [0, 0.1) is 23.3 Å². The van der Waals surface area contributed by atoms with E-state index in [9.17, 15) is 22.4 Å². The Labute approximate surface area is 116 Å². The second-order valence-corrected chi connectivity index (χ2v) is 4.42. The molecule has 3 rings (SSSR count). The Hall–Kier alpha value is -2.63. The van der Waals surface area contributed by atoms with Gasteiger partial charge in [-0.1, -0.05) is 6.07 Å². The first kappa shape index (κ1) is 13.4. The van der Waals surface area contributed by atoms with Crippen molar-refractivity contribution >= 4 is 16.7 Å². The normalized spacial score (nSPS) is 11.0. The first-order valence-corrected chi connectivity index (χ1v) is 5.94. The number of benzene rings is 2. The molecule has 2 aromatic carbocycles. The van der Waals surface area contributed by atoms with Crippen LogP contribution >= 0.6 is 0 Å². The quantitative estimate of drug-likeness (QED) is 0.433. The Morgan fingerprint density at radius 2 is 1.62 bits per heavy atom. The Balaban J connectivity index is 2.20. The summed E-state index contributed by atoms with van der Waals surface area (Å²) in [5.74, 6) is -6.32. The SMILES string of the molecule is O=C(c1ccc(F)c(F)c1F)c1c[nH]c2cccc(F)c12. The fourth-order valence-electron chi connectivity index (χ4n) is 2.17. The number of H-pyrrole nitrogens is 1. The summed E-state index contributed by atoms with van der Waals surface area (Å²) in [6, 6.07) is 5.61. The number of carbonyl (C=O) groups excluding carboxylic acids is 1. The summed E-state index contributed by atoms with van der Waals surface area (Å²) in [7, 11) is 0. The van der Waals surface area contributed by atoms with Crippen LogP contribution in [-0.2, 0) is 0 Å². The van der Waals surface area contributed by atoms with Crippen LogP contribution in [0.25, 0.3) is 10.9 Å². The van der Waals surface area contributed by atoms with Gasteiger partial charge in [-0.25, -0.2) is 17.6 Å². The summed E-state index contributed by atoms with van der Waals surface area (Å²) >= 11 is 0. The van der Waals surface area contributed by atoms with Crippen LogP contribution in [-0.4, -0.2) is 10.8 Å². The van der Waals surface area contributed by atoms with Crippen LogP contribution in [0.4, 0.5) is 17.6 Å². The number of carbonyl (C=O) groups is 1. The summed E-state index contributed by atoms with van der Waals surface area (Å²) in [6.07, 6.45) is 1.21. The van der Waals surface area contributed by atoms with Crippen molar-refractivity contribution in [3.8, 4) is 0 Å². The van der Waals surface area contributed by atoms with Gasteiger partial charge in [0.1, 0.15) is 5.82 Å². The van der Waals surface area contributed by atoms with Crippen LogP contribution in [0.2, 0.25) is 0 Å². The molecule has 21 heavy (non-hydrogen) atoms. The summed E-state index contributed by atoms with van der Waals surface area (Å²) in [5.41, 5.74) is -0.451. The molecule has 0 saturated carbocycles. The third-order valence-electron chi connectivity index (χ3n) is 3.18. The fourth-order valence-corrected chi connectivity index (χ4v) is 2.17. The third kappa shape index (κ3) is 1.99. The minimum Gasteiger partial charge on any atom is -0.360 e. The van der Waals surface area contributed by atoms with E-state index in [0.29, 0.717) is 11.6 Å². The van der Waals surface area contributed by atoms with Gasteiger partial charge in [-0.3, -0.25) is 4.79 Å². The van der Waals surface area contributed by atoms with E-state index in [1.165, 1.54) is 18.3 Å². The van der Waals surface area contributed by atoms with Gasteiger partial charge < -0.3 is 4.98 Å². The molecule has 3 aromatic rings. The number of nitrogens with one attached hydrogen (secondary N) is 1. The lowest BCUT2D eigenvalue weighted by Crippen LogP contribution is -2.07. The van der Waals surface area contributed by atoms with Gasteiger partial charge in [-0.2, -0.15) is 0 Å². The van der Waals surface area contributed by atoms with Gasteiger partial charge in [0.15, 0.2) is 23.2 Å². The second kappa shape index (κ2) is 4.73. The fraction of sp³-hybridized carbons (Fsp3) is 0. The molecule has 0 spiro atoms. The van der Waals surface area contributed by atoms with E-state index in [1.807, 2.05) is 0 Å². The minimum absolute atomic E-state index is 0.0216. The molecular weight excluding hydrogens is 286 g/mol. The Bertz CT molecular complexity index is 869. The van der Waals surface area contributed by atoms with E-state index in [4.69, 9.17) is 0 Å². The molecule has 6 heteroatoms. The smallest absolute Gasteiger partial charge is 0.198 e. The maximum Gasteiger partial charge on any atom is 0.198 e. The largest absolute Gasteiger partial charge is 0.360 e. The van der Waals surface area contributed by atoms with Crippen molar-refractivity contribution in [2.75, 3.05) is 0 Å². The number of fused-ring (bicyclic) bond motifs is 1. The average molecular weight is 293 g/mol. The second-order valence-electron chi connectivity index (χ2n) is 4.42. The van der Waals surface area contributed by atoms with Gasteiger partial charge in [0.05, 0.1) is 11.1 Å². The lowest BCUT2D eigenvalue weighted by Gasteiger charge is -2.03. The molecule has 0 unspecified atom stereocenters. The molecule has 1 aromatic heterocycles. The summed E-state index contributed by atoms with van der Waals surface area (Å²) in [5, 5.41) is -0.0216. The molecule has 1 N–H and O–H groups in total. The zero-order valence-corrected chi connectivity index (χ0v) is 10.4. The monoisotopic (exact) mass is 293 g/mol. The molecule has 0 aliphatic rings. The topological polar surface area (TPSA) is 32.9 Å². The molecule has 0 aliphatic carbocycles. The van der Waals surface area contributed by atoms with Gasteiger partial charge >= 0.3 is 0 Å². The van der Waals surface area contributed by atoms with Crippen LogP contribution in [0.5, 0.6) is 0 Å². The highest BCUT2D eigenvalue weighted by Gasteiger charge is 2.23. The van der Waals surface area contributed by atoms with Crippen molar-refractivity contribution in [3.05, 3.63) is 70.9 Å². The standard InChI is InChI=1S/C15H7F4NO/c16-9-2-1-3-11-12(9)8(6-20-11)15(21)7-4-5-10(17)14(19)13(7)18/h1-6,20H. The van der Waals surface area contributed by atoms with Crippen molar-refractivity contribution in [2.24, 2.45) is 0 Å². The van der Waals surface area contributed by atoms with Gasteiger partial charge in [0, 0.05) is 17.1 Å². The first-order valence-electron chi connectivity index (χ1n) is 5.94. The highest BCUT2D eigenvalue weighted by Crippen LogP contribution is 2.25. The lowest BCUT2D eigenvalue weighted by atomic mass is 10.0. The van der Waals surface area contributed by atoms with Crippen LogP contribution in [0.1, 0.15) is 15.9 Å². The van der Waals surface area contributed by atoms with Crippen LogP contribution in [0.3, 0.4) is 0 Å². The predicted molar refractivity (Wildman–Crippen MR) is 68.0 cm³/mol. The maximum atomic E-state index is 13.8. The minimum atomic E-state index is -1.74. The molecular formula is C15H7F4NO. The van der Waals surface area contributed by atoms with Crippen LogP contribution < -0.4 is 0 Å². The number of hydrogen-bond acceptors (Lipinski definition) is 1. The van der Waals surface area contributed by atoms with Crippen LogP contribution in [0.15, 0.2) is 36.5 Å². The molecule has 2 nitrogen and oxygen atoms in total. The molecule has 106 valence electrons. The number of ketones is 1. The molecule has 0 fully saturated rings. The first-order chi connectivity index (χ1) is 10.0. The van der Waals surface area contributed by atoms with E-state index < -0.39 is 34.6 Å². The van der Waals surface area contributed by atoms with E-state index in [-0.39, 0.29) is 10.9 Å². The number of aromatic amines is 1.